The molecule has 1 aromatic heterocycles. The van der Waals surface area contributed by atoms with Crippen LogP contribution in [-0.4, -0.2) is 26.9 Å². The lowest BCUT2D eigenvalue weighted by atomic mass is 10.0. The Hall–Kier alpha value is -3.40. The molecule has 1 saturated heterocycles. The summed E-state index contributed by atoms with van der Waals surface area (Å²) in [7, 11) is 0. The van der Waals surface area contributed by atoms with E-state index >= 15 is 0 Å². The summed E-state index contributed by atoms with van der Waals surface area (Å²) in [5, 5.41) is 0. The van der Waals surface area contributed by atoms with E-state index < -0.39 is 0 Å². The Morgan fingerprint density at radius 1 is 0.875 bits per heavy atom. The Bertz CT molecular complexity index is 1220. The van der Waals surface area contributed by atoms with E-state index in [-0.39, 0.29) is 11.8 Å². The number of nitrogens with zero attached hydrogens (tertiary/aromatic N) is 3. The molecule has 1 aliphatic rings. The molecule has 4 heteroatoms. The van der Waals surface area contributed by atoms with Gasteiger partial charge < -0.3 is 9.47 Å². The molecule has 0 spiro atoms. The molecular formula is C28H29N3O. The third-order valence-electron chi connectivity index (χ3n) is 6.47. The molecule has 2 heterocycles. The first kappa shape index (κ1) is 20.5. The fourth-order valence-corrected chi connectivity index (χ4v) is 4.66. The van der Waals surface area contributed by atoms with Crippen molar-refractivity contribution in [3.05, 3.63) is 101 Å². The molecule has 1 unspecified atom stereocenters. The molecule has 32 heavy (non-hydrogen) atoms. The second kappa shape index (κ2) is 8.62. The lowest BCUT2D eigenvalue weighted by molar-refractivity contribution is -0.128. The normalized spacial score (nSPS) is 16.4. The summed E-state index contributed by atoms with van der Waals surface area (Å²) in [6.45, 7) is 6.57. The van der Waals surface area contributed by atoms with Gasteiger partial charge in [-0.2, -0.15) is 0 Å². The summed E-state index contributed by atoms with van der Waals surface area (Å²) in [5.41, 5.74) is 5.89. The fourth-order valence-electron chi connectivity index (χ4n) is 4.66. The Labute approximate surface area is 189 Å². The number of carbonyl (C=O) groups excluding carboxylic acids is 1. The molecule has 0 N–H and O–H groups in total. The van der Waals surface area contributed by atoms with Crippen LogP contribution in [0, 0.1) is 0 Å². The van der Waals surface area contributed by atoms with E-state index in [1.165, 1.54) is 16.7 Å². The van der Waals surface area contributed by atoms with Crippen LogP contribution in [0.1, 0.15) is 54.6 Å². The second-order valence-corrected chi connectivity index (χ2v) is 9.10. The Kier molecular flexibility index (Phi) is 5.52. The summed E-state index contributed by atoms with van der Waals surface area (Å²) in [6.07, 6.45) is 0.516. The highest BCUT2D eigenvalue weighted by Gasteiger charge is 2.34. The summed E-state index contributed by atoms with van der Waals surface area (Å²) < 4.78 is 2.31. The Morgan fingerprint density at radius 2 is 1.56 bits per heavy atom. The summed E-state index contributed by atoms with van der Waals surface area (Å²) in [5.74, 6) is 1.85. The van der Waals surface area contributed by atoms with Crippen molar-refractivity contribution in [2.24, 2.45) is 0 Å². The number of carbonyl (C=O) groups is 1. The van der Waals surface area contributed by atoms with E-state index in [9.17, 15) is 4.79 Å². The van der Waals surface area contributed by atoms with Gasteiger partial charge in [0, 0.05) is 32.0 Å². The molecule has 1 atom stereocenters. The Morgan fingerprint density at radius 3 is 2.31 bits per heavy atom. The summed E-state index contributed by atoms with van der Waals surface area (Å²) in [6, 6.07) is 27.4. The van der Waals surface area contributed by atoms with Crippen molar-refractivity contribution in [1.29, 1.82) is 0 Å². The van der Waals surface area contributed by atoms with Gasteiger partial charge in [-0.05, 0) is 34.7 Å². The van der Waals surface area contributed by atoms with Gasteiger partial charge in [0.05, 0.1) is 11.0 Å². The van der Waals surface area contributed by atoms with Crippen LogP contribution in [0.4, 0.5) is 0 Å². The topological polar surface area (TPSA) is 38.1 Å². The van der Waals surface area contributed by atoms with Gasteiger partial charge in [0.2, 0.25) is 5.91 Å². The molecule has 0 aliphatic carbocycles. The first-order chi connectivity index (χ1) is 15.6. The first-order valence-corrected chi connectivity index (χ1v) is 11.4. The molecule has 0 saturated carbocycles. The third kappa shape index (κ3) is 4.05. The van der Waals surface area contributed by atoms with Gasteiger partial charge in [0.25, 0.3) is 0 Å². The summed E-state index contributed by atoms with van der Waals surface area (Å²) >= 11 is 0. The zero-order chi connectivity index (χ0) is 22.1. The van der Waals surface area contributed by atoms with Crippen molar-refractivity contribution in [2.45, 2.75) is 45.2 Å². The molecule has 4 aromatic rings. The third-order valence-corrected chi connectivity index (χ3v) is 6.47. The first-order valence-electron chi connectivity index (χ1n) is 11.4. The molecule has 1 amide bonds. The van der Waals surface area contributed by atoms with E-state index in [0.29, 0.717) is 25.4 Å². The largest absolute Gasteiger partial charge is 0.338 e. The van der Waals surface area contributed by atoms with Gasteiger partial charge in [0.15, 0.2) is 0 Å². The minimum Gasteiger partial charge on any atom is -0.338 e. The van der Waals surface area contributed by atoms with Gasteiger partial charge in [-0.15, -0.1) is 0 Å². The maximum Gasteiger partial charge on any atom is 0.223 e. The zero-order valence-electron chi connectivity index (χ0n) is 18.7. The quantitative estimate of drug-likeness (QED) is 0.398. The molecule has 1 aliphatic heterocycles. The van der Waals surface area contributed by atoms with E-state index in [1.54, 1.807) is 0 Å². The number of rotatable bonds is 6. The number of amides is 1. The monoisotopic (exact) mass is 423 g/mol. The van der Waals surface area contributed by atoms with Crippen molar-refractivity contribution in [3.8, 4) is 0 Å². The molecule has 162 valence electrons. The average molecular weight is 424 g/mol. The van der Waals surface area contributed by atoms with Crippen LogP contribution in [0.15, 0.2) is 78.9 Å². The highest BCUT2D eigenvalue weighted by atomic mass is 16.2. The minimum atomic E-state index is 0.105. The molecule has 0 radical (unpaired) electrons. The number of hydrogen-bond donors (Lipinski definition) is 0. The number of likely N-dealkylation sites (tertiary alicyclic amines) is 1. The smallest absolute Gasteiger partial charge is 0.223 e. The summed E-state index contributed by atoms with van der Waals surface area (Å²) in [4.78, 5) is 19.8. The molecular weight excluding hydrogens is 394 g/mol. The number of aromatic nitrogens is 2. The number of fused-ring (bicyclic) bond motifs is 1. The van der Waals surface area contributed by atoms with E-state index in [2.05, 4.69) is 73.0 Å². The van der Waals surface area contributed by atoms with Gasteiger partial charge in [-0.3, -0.25) is 4.79 Å². The van der Waals surface area contributed by atoms with E-state index in [0.717, 1.165) is 23.4 Å². The van der Waals surface area contributed by atoms with Crippen LogP contribution in [0.3, 0.4) is 0 Å². The van der Waals surface area contributed by atoms with Crippen molar-refractivity contribution in [3.63, 3.8) is 0 Å². The maximum atomic E-state index is 12.8. The van der Waals surface area contributed by atoms with Crippen LogP contribution in [0.5, 0.6) is 0 Å². The molecule has 3 aromatic carbocycles. The molecule has 5 rings (SSSR count). The van der Waals surface area contributed by atoms with Gasteiger partial charge in [0.1, 0.15) is 5.82 Å². The molecule has 4 nitrogen and oxygen atoms in total. The second-order valence-electron chi connectivity index (χ2n) is 9.10. The molecule has 0 bridgehead atoms. The zero-order valence-corrected chi connectivity index (χ0v) is 18.7. The average Bonchev–Trinajstić information content (AvgIpc) is 3.35. The van der Waals surface area contributed by atoms with Gasteiger partial charge in [-0.1, -0.05) is 80.6 Å². The Balaban J connectivity index is 1.44. The van der Waals surface area contributed by atoms with E-state index in [1.807, 2.05) is 29.2 Å². The SMILES string of the molecule is CC(C)c1ccc(Cn2c(C3CC(=O)N(Cc4ccccc4)C3)nc3ccccc32)cc1. The van der Waals surface area contributed by atoms with Crippen molar-refractivity contribution in [2.75, 3.05) is 6.54 Å². The number of imidazole rings is 1. The standard InChI is InChI=1S/C28H29N3O/c1-20(2)23-14-12-22(13-15-23)18-31-26-11-7-6-10-25(26)29-28(31)24-16-27(32)30(19-24)17-21-8-4-3-5-9-21/h3-15,20,24H,16-19H2,1-2H3. The van der Waals surface area contributed by atoms with Crippen LogP contribution in [0.25, 0.3) is 11.0 Å². The fraction of sp³-hybridized carbons (Fsp3) is 0.286. The van der Waals surface area contributed by atoms with Gasteiger partial charge >= 0.3 is 0 Å². The number of para-hydroxylation sites is 2. The molecule has 1 fully saturated rings. The lowest BCUT2D eigenvalue weighted by Gasteiger charge is -2.17. The van der Waals surface area contributed by atoms with Gasteiger partial charge in [-0.25, -0.2) is 4.98 Å². The van der Waals surface area contributed by atoms with E-state index in [4.69, 9.17) is 4.98 Å². The van der Waals surface area contributed by atoms with Crippen molar-refractivity contribution >= 4 is 16.9 Å². The maximum absolute atomic E-state index is 12.8. The van der Waals surface area contributed by atoms with Crippen LogP contribution in [-0.2, 0) is 17.9 Å². The van der Waals surface area contributed by atoms with Crippen LogP contribution >= 0.6 is 0 Å². The van der Waals surface area contributed by atoms with Crippen molar-refractivity contribution < 1.29 is 4.79 Å². The number of benzene rings is 3. The predicted octanol–water partition coefficient (Wildman–Crippen LogP) is 5.72. The number of hydrogen-bond acceptors (Lipinski definition) is 2. The predicted molar refractivity (Wildman–Crippen MR) is 129 cm³/mol. The highest BCUT2D eigenvalue weighted by Crippen LogP contribution is 2.32. The van der Waals surface area contributed by atoms with Crippen LogP contribution in [0.2, 0.25) is 0 Å². The van der Waals surface area contributed by atoms with Crippen molar-refractivity contribution in [1.82, 2.24) is 14.5 Å². The lowest BCUT2D eigenvalue weighted by Crippen LogP contribution is -2.24. The highest BCUT2D eigenvalue weighted by molar-refractivity contribution is 5.81. The minimum absolute atomic E-state index is 0.105. The van der Waals surface area contributed by atoms with Crippen LogP contribution < -0.4 is 0 Å².